The summed E-state index contributed by atoms with van der Waals surface area (Å²) in [6.45, 7) is 0.672. The molecule has 1 aliphatic heterocycles. The largest absolute Gasteiger partial charge is 0.351 e. The van der Waals surface area contributed by atoms with Crippen molar-refractivity contribution in [3.8, 4) is 0 Å². The summed E-state index contributed by atoms with van der Waals surface area (Å²) in [7, 11) is 1.06. The van der Waals surface area contributed by atoms with Crippen molar-refractivity contribution in [1.29, 1.82) is 0 Å². The highest BCUT2D eigenvalue weighted by atomic mass is 32.2. The molecule has 1 saturated carbocycles. The van der Waals surface area contributed by atoms with E-state index >= 15 is 0 Å². The van der Waals surface area contributed by atoms with E-state index in [4.69, 9.17) is 5.73 Å². The molecule has 2 aliphatic rings. The summed E-state index contributed by atoms with van der Waals surface area (Å²) in [5, 5.41) is 0. The Labute approximate surface area is 172 Å². The van der Waals surface area contributed by atoms with Gasteiger partial charge in [0, 0.05) is 25.2 Å². The summed E-state index contributed by atoms with van der Waals surface area (Å²) in [4.78, 5) is 29.6. The molecular formula is C20H30N4O4S. The lowest BCUT2D eigenvalue weighted by Gasteiger charge is -2.53. The zero-order chi connectivity index (χ0) is 21.2. The van der Waals surface area contributed by atoms with Crippen LogP contribution in [0.15, 0.2) is 30.3 Å². The van der Waals surface area contributed by atoms with Gasteiger partial charge in [0.05, 0.1) is 11.5 Å². The van der Waals surface area contributed by atoms with Gasteiger partial charge in [-0.05, 0) is 38.4 Å². The molecule has 0 atom stereocenters. The Morgan fingerprint density at radius 1 is 1.14 bits per heavy atom. The van der Waals surface area contributed by atoms with Gasteiger partial charge in [0.2, 0.25) is 5.91 Å². The molecule has 2 N–H and O–H groups in total. The highest BCUT2D eigenvalue weighted by molar-refractivity contribution is 7.91. The van der Waals surface area contributed by atoms with Gasteiger partial charge in [-0.25, -0.2) is 13.2 Å². The van der Waals surface area contributed by atoms with E-state index in [1.165, 1.54) is 15.4 Å². The fraction of sp³-hybridized carbons (Fsp3) is 0.600. The van der Waals surface area contributed by atoms with Gasteiger partial charge in [-0.15, -0.1) is 0 Å². The standard InChI is InChI=1S/C20H30N4O4S/c1-22(2)20(17-6-4-3-5-7-17)12-16(13-20)14-24(19(21)26)15-18(25)23-8-10-29(27,28)11-9-23/h3-7,16H,8-15H2,1-2H3,(H2,21,26)/t16-,20-. The Morgan fingerprint density at radius 2 is 1.72 bits per heavy atom. The molecular weight excluding hydrogens is 392 g/mol. The lowest BCUT2D eigenvalue weighted by molar-refractivity contribution is -0.131. The maximum Gasteiger partial charge on any atom is 0.315 e. The Hall–Kier alpha value is -2.13. The van der Waals surface area contributed by atoms with E-state index in [1.54, 1.807) is 0 Å². The van der Waals surface area contributed by atoms with Gasteiger partial charge in [-0.3, -0.25) is 9.69 Å². The molecule has 2 fully saturated rings. The first kappa shape index (κ1) is 21.6. The lowest BCUT2D eigenvalue weighted by Crippen LogP contribution is -2.56. The lowest BCUT2D eigenvalue weighted by atomic mass is 9.63. The fourth-order valence-corrected chi connectivity index (χ4v) is 5.60. The number of hydrogen-bond acceptors (Lipinski definition) is 5. The van der Waals surface area contributed by atoms with Crippen molar-refractivity contribution in [3.05, 3.63) is 35.9 Å². The summed E-state index contributed by atoms with van der Waals surface area (Å²) >= 11 is 0. The minimum atomic E-state index is -3.06. The second kappa shape index (κ2) is 8.31. The van der Waals surface area contributed by atoms with Gasteiger partial charge in [0.15, 0.2) is 9.84 Å². The number of hydrogen-bond donors (Lipinski definition) is 1. The van der Waals surface area contributed by atoms with Crippen LogP contribution in [-0.2, 0) is 20.2 Å². The highest BCUT2D eigenvalue weighted by Gasteiger charge is 2.47. The molecule has 160 valence electrons. The van der Waals surface area contributed by atoms with Gasteiger partial charge in [0.1, 0.15) is 6.54 Å². The number of nitrogens with two attached hydrogens (primary N) is 1. The number of carbonyl (C=O) groups is 2. The van der Waals surface area contributed by atoms with Crippen LogP contribution in [0.4, 0.5) is 4.79 Å². The zero-order valence-corrected chi connectivity index (χ0v) is 17.9. The number of primary amides is 1. The van der Waals surface area contributed by atoms with Crippen molar-refractivity contribution in [2.45, 2.75) is 18.4 Å². The van der Waals surface area contributed by atoms with Crippen LogP contribution in [0.25, 0.3) is 0 Å². The van der Waals surface area contributed by atoms with Gasteiger partial charge in [0.25, 0.3) is 0 Å². The van der Waals surface area contributed by atoms with Crippen LogP contribution in [0.5, 0.6) is 0 Å². The Balaban J connectivity index is 1.59. The quantitative estimate of drug-likeness (QED) is 0.719. The molecule has 0 bridgehead atoms. The first-order valence-electron chi connectivity index (χ1n) is 9.88. The molecule has 1 heterocycles. The molecule has 0 aromatic heterocycles. The number of urea groups is 1. The summed E-state index contributed by atoms with van der Waals surface area (Å²) in [6.07, 6.45) is 1.76. The van der Waals surface area contributed by atoms with Gasteiger partial charge in [-0.2, -0.15) is 0 Å². The van der Waals surface area contributed by atoms with E-state index < -0.39 is 15.9 Å². The van der Waals surface area contributed by atoms with Crippen molar-refractivity contribution in [2.24, 2.45) is 11.7 Å². The minimum absolute atomic E-state index is 0.0274. The SMILES string of the molecule is CN(C)[C@]1(c2ccccc2)C[C@@H](CN(CC(=O)N2CCS(=O)(=O)CC2)C(N)=O)C1. The van der Waals surface area contributed by atoms with Gasteiger partial charge in [-0.1, -0.05) is 30.3 Å². The number of rotatable bonds is 6. The van der Waals surface area contributed by atoms with Crippen LogP contribution >= 0.6 is 0 Å². The maximum absolute atomic E-state index is 12.5. The molecule has 9 heteroatoms. The summed E-state index contributed by atoms with van der Waals surface area (Å²) in [5.74, 6) is -0.0552. The van der Waals surface area contributed by atoms with Crippen molar-refractivity contribution < 1.29 is 18.0 Å². The predicted octanol–water partition coefficient (Wildman–Crippen LogP) is 0.491. The van der Waals surface area contributed by atoms with Crippen molar-refractivity contribution >= 4 is 21.8 Å². The second-order valence-corrected chi connectivity index (χ2v) is 10.6. The molecule has 1 saturated heterocycles. The molecule has 1 aromatic rings. The van der Waals surface area contributed by atoms with Crippen molar-refractivity contribution in [2.75, 3.05) is 51.8 Å². The van der Waals surface area contributed by atoms with Crippen LogP contribution in [0.1, 0.15) is 18.4 Å². The van der Waals surface area contributed by atoms with Gasteiger partial charge < -0.3 is 15.5 Å². The average Bonchev–Trinajstić information content (AvgIpc) is 2.63. The molecule has 3 rings (SSSR count). The Bertz CT molecular complexity index is 836. The molecule has 8 nitrogen and oxygen atoms in total. The topological polar surface area (TPSA) is 104 Å². The first-order valence-corrected chi connectivity index (χ1v) is 11.7. The number of carbonyl (C=O) groups excluding carboxylic acids is 2. The fourth-order valence-electron chi connectivity index (χ4n) is 4.40. The number of sulfone groups is 1. The van der Waals surface area contributed by atoms with E-state index in [-0.39, 0.29) is 48.5 Å². The Kier molecular flexibility index (Phi) is 6.19. The predicted molar refractivity (Wildman–Crippen MR) is 111 cm³/mol. The smallest absolute Gasteiger partial charge is 0.315 e. The second-order valence-electron chi connectivity index (χ2n) is 8.32. The molecule has 0 spiro atoms. The molecule has 3 amide bonds. The average molecular weight is 423 g/mol. The first-order chi connectivity index (χ1) is 13.6. The third-order valence-electron chi connectivity index (χ3n) is 6.23. The van der Waals surface area contributed by atoms with Crippen molar-refractivity contribution in [1.82, 2.24) is 14.7 Å². The van der Waals surface area contributed by atoms with Crippen LogP contribution < -0.4 is 5.73 Å². The maximum atomic E-state index is 12.5. The summed E-state index contributed by atoms with van der Waals surface area (Å²) in [5.41, 5.74) is 6.71. The summed E-state index contributed by atoms with van der Waals surface area (Å²) in [6, 6.07) is 9.67. The highest BCUT2D eigenvalue weighted by Crippen LogP contribution is 2.49. The van der Waals surface area contributed by atoms with E-state index in [2.05, 4.69) is 31.1 Å². The molecule has 29 heavy (non-hydrogen) atoms. The Morgan fingerprint density at radius 3 is 2.24 bits per heavy atom. The normalized spacial score (nSPS) is 26.0. The number of benzene rings is 1. The summed E-state index contributed by atoms with van der Waals surface area (Å²) < 4.78 is 23.1. The van der Waals surface area contributed by atoms with E-state index in [0.29, 0.717) is 6.54 Å². The van der Waals surface area contributed by atoms with Gasteiger partial charge >= 0.3 is 6.03 Å². The van der Waals surface area contributed by atoms with E-state index in [0.717, 1.165) is 12.8 Å². The van der Waals surface area contributed by atoms with Crippen LogP contribution in [-0.4, -0.2) is 86.8 Å². The third-order valence-corrected chi connectivity index (χ3v) is 7.84. The number of nitrogens with zero attached hydrogens (tertiary/aromatic N) is 3. The molecule has 0 radical (unpaired) electrons. The van der Waals surface area contributed by atoms with Crippen molar-refractivity contribution in [3.63, 3.8) is 0 Å². The van der Waals surface area contributed by atoms with Crippen LogP contribution in [0.3, 0.4) is 0 Å². The van der Waals surface area contributed by atoms with E-state index in [1.807, 2.05) is 18.2 Å². The van der Waals surface area contributed by atoms with Crippen LogP contribution in [0.2, 0.25) is 0 Å². The number of amides is 3. The van der Waals surface area contributed by atoms with E-state index in [9.17, 15) is 18.0 Å². The molecule has 1 aromatic carbocycles. The zero-order valence-electron chi connectivity index (χ0n) is 17.1. The van der Waals surface area contributed by atoms with Crippen LogP contribution in [0, 0.1) is 5.92 Å². The molecule has 0 unspecified atom stereocenters. The minimum Gasteiger partial charge on any atom is -0.351 e. The molecule has 1 aliphatic carbocycles. The monoisotopic (exact) mass is 422 g/mol. The third kappa shape index (κ3) is 4.72.